The highest BCUT2D eigenvalue weighted by molar-refractivity contribution is 5.92. The summed E-state index contributed by atoms with van der Waals surface area (Å²) in [7, 11) is 0. The first-order valence-corrected chi connectivity index (χ1v) is 11.2. The van der Waals surface area contributed by atoms with E-state index in [0.717, 1.165) is 5.56 Å². The molecule has 0 bridgehead atoms. The van der Waals surface area contributed by atoms with E-state index < -0.39 is 12.1 Å². The zero-order valence-corrected chi connectivity index (χ0v) is 19.0. The van der Waals surface area contributed by atoms with Crippen LogP contribution < -0.4 is 4.90 Å². The van der Waals surface area contributed by atoms with E-state index in [4.69, 9.17) is 4.42 Å². The predicted molar refractivity (Wildman–Crippen MR) is 121 cm³/mol. The summed E-state index contributed by atoms with van der Waals surface area (Å²) in [6.07, 6.45) is -4.28. The third-order valence-corrected chi connectivity index (χ3v) is 5.71. The number of para-hydroxylation sites is 1. The van der Waals surface area contributed by atoms with Gasteiger partial charge >= 0.3 is 18.1 Å². The Kier molecular flexibility index (Phi) is 7.04. The van der Waals surface area contributed by atoms with Crippen molar-refractivity contribution in [2.75, 3.05) is 31.1 Å². The van der Waals surface area contributed by atoms with Gasteiger partial charge in [0.1, 0.15) is 0 Å². The van der Waals surface area contributed by atoms with E-state index >= 15 is 0 Å². The van der Waals surface area contributed by atoms with Gasteiger partial charge in [0, 0.05) is 43.9 Å². The molecule has 0 N–H and O–H groups in total. The molecule has 4 rings (SSSR count). The number of halogens is 3. The summed E-state index contributed by atoms with van der Waals surface area (Å²) in [5.41, 5.74) is 1.81. The molecule has 1 aliphatic rings. The molecule has 0 saturated carbocycles. The quantitative estimate of drug-likeness (QED) is 0.532. The number of carbonyl (C=O) groups excluding carboxylic acids is 2. The summed E-state index contributed by atoms with van der Waals surface area (Å²) in [6.45, 7) is 3.90. The summed E-state index contributed by atoms with van der Waals surface area (Å²) >= 11 is 0. The van der Waals surface area contributed by atoms with Crippen molar-refractivity contribution in [2.24, 2.45) is 0 Å². The predicted octanol–water partition coefficient (Wildman–Crippen LogP) is 4.44. The van der Waals surface area contributed by atoms with Gasteiger partial charge in [-0.15, -0.1) is 10.2 Å². The summed E-state index contributed by atoms with van der Waals surface area (Å²) in [6, 6.07) is 15.6. The number of hydrogen-bond acceptors (Lipinski definition) is 5. The summed E-state index contributed by atoms with van der Waals surface area (Å²) in [5, 5.41) is 6.52. The Morgan fingerprint density at radius 2 is 1.57 bits per heavy atom. The number of carbonyl (C=O) groups is 2. The average molecular weight is 487 g/mol. The van der Waals surface area contributed by atoms with Crippen LogP contribution in [0, 0.1) is 0 Å². The standard InChI is InChI=1S/C24H24F3N5O3/c1-2-20(33)30-12-14-31(15-13-30)23(34)32(19-6-4-3-5-7-19)16-17-8-10-18(11-9-17)21-28-29-22(35-21)24(25,26)27/h3-11H,2,12-16H2,1H3. The van der Waals surface area contributed by atoms with Crippen LogP contribution in [-0.2, 0) is 17.5 Å². The van der Waals surface area contributed by atoms with E-state index in [0.29, 0.717) is 43.9 Å². The number of alkyl halides is 3. The Morgan fingerprint density at radius 3 is 2.14 bits per heavy atom. The molecule has 0 spiro atoms. The molecule has 1 fully saturated rings. The third kappa shape index (κ3) is 5.61. The zero-order valence-electron chi connectivity index (χ0n) is 19.0. The number of hydrogen-bond donors (Lipinski definition) is 0. The van der Waals surface area contributed by atoms with Crippen molar-refractivity contribution in [3.63, 3.8) is 0 Å². The lowest BCUT2D eigenvalue weighted by Gasteiger charge is -2.37. The molecule has 35 heavy (non-hydrogen) atoms. The molecule has 0 aliphatic carbocycles. The van der Waals surface area contributed by atoms with E-state index in [2.05, 4.69) is 10.2 Å². The lowest BCUT2D eigenvalue weighted by Crippen LogP contribution is -2.54. The highest BCUT2D eigenvalue weighted by atomic mass is 19.4. The fourth-order valence-corrected chi connectivity index (χ4v) is 3.81. The Labute approximate surface area is 199 Å². The molecular weight excluding hydrogens is 463 g/mol. The fourth-order valence-electron chi connectivity index (χ4n) is 3.81. The van der Waals surface area contributed by atoms with Crippen LogP contribution in [0.5, 0.6) is 0 Å². The highest BCUT2D eigenvalue weighted by Gasteiger charge is 2.38. The SMILES string of the molecule is CCC(=O)N1CCN(C(=O)N(Cc2ccc(-c3nnc(C(F)(F)F)o3)cc2)c2ccccc2)CC1. The van der Waals surface area contributed by atoms with Gasteiger partial charge in [-0.3, -0.25) is 9.69 Å². The minimum atomic E-state index is -4.71. The molecule has 184 valence electrons. The number of urea groups is 1. The minimum absolute atomic E-state index is 0.0701. The highest BCUT2D eigenvalue weighted by Crippen LogP contribution is 2.30. The van der Waals surface area contributed by atoms with Gasteiger partial charge in [-0.25, -0.2) is 4.79 Å². The Balaban J connectivity index is 1.50. The molecule has 2 heterocycles. The van der Waals surface area contributed by atoms with E-state index in [9.17, 15) is 22.8 Å². The number of amides is 3. The number of rotatable bonds is 5. The van der Waals surface area contributed by atoms with Crippen LogP contribution in [0.25, 0.3) is 11.5 Å². The first-order chi connectivity index (χ1) is 16.8. The van der Waals surface area contributed by atoms with Gasteiger partial charge in [0.25, 0.3) is 0 Å². The van der Waals surface area contributed by atoms with Gasteiger partial charge < -0.3 is 14.2 Å². The van der Waals surface area contributed by atoms with Gasteiger partial charge in [0.05, 0.1) is 6.54 Å². The second-order valence-corrected chi connectivity index (χ2v) is 8.03. The molecule has 0 atom stereocenters. The first-order valence-electron chi connectivity index (χ1n) is 11.2. The van der Waals surface area contributed by atoms with Gasteiger partial charge in [0.2, 0.25) is 11.8 Å². The van der Waals surface area contributed by atoms with Crippen molar-refractivity contribution in [2.45, 2.75) is 26.1 Å². The maximum absolute atomic E-state index is 13.4. The van der Waals surface area contributed by atoms with Crippen LogP contribution in [0.4, 0.5) is 23.7 Å². The molecule has 0 radical (unpaired) electrons. The van der Waals surface area contributed by atoms with Crippen molar-refractivity contribution in [1.29, 1.82) is 0 Å². The number of benzene rings is 2. The van der Waals surface area contributed by atoms with Crippen LogP contribution in [0.2, 0.25) is 0 Å². The summed E-state index contributed by atoms with van der Waals surface area (Å²) < 4.78 is 42.9. The second kappa shape index (κ2) is 10.2. The largest absolute Gasteiger partial charge is 0.470 e. The fraction of sp³-hybridized carbons (Fsp3) is 0.333. The van der Waals surface area contributed by atoms with E-state index in [1.54, 1.807) is 39.0 Å². The number of anilines is 1. The van der Waals surface area contributed by atoms with E-state index in [-0.39, 0.29) is 24.4 Å². The second-order valence-electron chi connectivity index (χ2n) is 8.03. The molecule has 1 saturated heterocycles. The van der Waals surface area contributed by atoms with Crippen molar-refractivity contribution in [3.8, 4) is 11.5 Å². The van der Waals surface area contributed by atoms with Crippen molar-refractivity contribution < 1.29 is 27.2 Å². The smallest absolute Gasteiger partial charge is 0.413 e. The number of piperazine rings is 1. The van der Waals surface area contributed by atoms with Crippen LogP contribution in [0.1, 0.15) is 24.8 Å². The van der Waals surface area contributed by atoms with Crippen molar-refractivity contribution in [3.05, 3.63) is 66.1 Å². The molecule has 8 nitrogen and oxygen atoms in total. The normalized spacial score (nSPS) is 14.2. The summed E-state index contributed by atoms with van der Waals surface area (Å²) in [4.78, 5) is 30.5. The molecule has 3 aromatic rings. The molecule has 2 aromatic carbocycles. The molecule has 0 unspecified atom stereocenters. The van der Waals surface area contributed by atoms with Gasteiger partial charge in [-0.1, -0.05) is 37.3 Å². The maximum Gasteiger partial charge on any atom is 0.470 e. The number of aromatic nitrogens is 2. The zero-order chi connectivity index (χ0) is 25.0. The molecule has 3 amide bonds. The van der Waals surface area contributed by atoms with Gasteiger partial charge in [-0.2, -0.15) is 13.2 Å². The monoisotopic (exact) mass is 487 g/mol. The van der Waals surface area contributed by atoms with Crippen LogP contribution >= 0.6 is 0 Å². The van der Waals surface area contributed by atoms with Crippen LogP contribution in [-0.4, -0.2) is 58.1 Å². The van der Waals surface area contributed by atoms with Gasteiger partial charge in [-0.05, 0) is 29.8 Å². The molecular formula is C24H24F3N5O3. The van der Waals surface area contributed by atoms with Crippen molar-refractivity contribution in [1.82, 2.24) is 20.0 Å². The topological polar surface area (TPSA) is 82.8 Å². The Morgan fingerprint density at radius 1 is 0.943 bits per heavy atom. The lowest BCUT2D eigenvalue weighted by molar-refractivity contribution is -0.157. The Bertz CT molecular complexity index is 1160. The summed E-state index contributed by atoms with van der Waals surface area (Å²) in [5.74, 6) is -1.57. The minimum Gasteiger partial charge on any atom is -0.413 e. The van der Waals surface area contributed by atoms with Gasteiger partial charge in [0.15, 0.2) is 0 Å². The van der Waals surface area contributed by atoms with Crippen LogP contribution in [0.15, 0.2) is 59.0 Å². The Hall–Kier alpha value is -3.89. The van der Waals surface area contributed by atoms with E-state index in [1.807, 2.05) is 37.3 Å². The first kappa shape index (κ1) is 24.2. The third-order valence-electron chi connectivity index (χ3n) is 5.71. The maximum atomic E-state index is 13.4. The molecule has 11 heteroatoms. The van der Waals surface area contributed by atoms with E-state index in [1.165, 1.54) is 0 Å². The molecule has 1 aromatic heterocycles. The van der Waals surface area contributed by atoms with Crippen molar-refractivity contribution >= 4 is 17.6 Å². The average Bonchev–Trinajstić information content (AvgIpc) is 3.39. The van der Waals surface area contributed by atoms with Crippen LogP contribution in [0.3, 0.4) is 0 Å². The molecule has 1 aliphatic heterocycles. The lowest BCUT2D eigenvalue weighted by atomic mass is 10.1. The number of nitrogens with zero attached hydrogens (tertiary/aromatic N) is 5.